The number of aromatic nitrogens is 1. The molecule has 2 aliphatic rings. The van der Waals surface area contributed by atoms with E-state index in [9.17, 15) is 5.11 Å². The SMILES string of the molecule is OC(c1ccnc2ccccc12)C1CCOC2(CCC2)C1. The van der Waals surface area contributed by atoms with Crippen LogP contribution in [-0.4, -0.2) is 22.3 Å². The molecule has 1 N–H and O–H groups in total. The van der Waals surface area contributed by atoms with Gasteiger partial charge in [-0.2, -0.15) is 0 Å². The third-order valence-corrected chi connectivity index (χ3v) is 5.24. The molecule has 110 valence electrons. The van der Waals surface area contributed by atoms with Gasteiger partial charge in [0.25, 0.3) is 0 Å². The molecule has 2 heterocycles. The third kappa shape index (κ3) is 2.25. The van der Waals surface area contributed by atoms with Gasteiger partial charge in [-0.3, -0.25) is 4.98 Å². The summed E-state index contributed by atoms with van der Waals surface area (Å²) in [5, 5.41) is 12.0. The van der Waals surface area contributed by atoms with E-state index in [1.54, 1.807) is 6.20 Å². The molecular weight excluding hydrogens is 262 g/mol. The van der Waals surface area contributed by atoms with E-state index in [1.807, 2.05) is 24.3 Å². The first-order valence-electron chi connectivity index (χ1n) is 7.93. The number of nitrogens with zero attached hydrogens (tertiary/aromatic N) is 1. The van der Waals surface area contributed by atoms with Crippen LogP contribution < -0.4 is 0 Å². The summed E-state index contributed by atoms with van der Waals surface area (Å²) in [6.45, 7) is 0.782. The molecule has 1 aromatic heterocycles. The molecule has 2 aromatic rings. The van der Waals surface area contributed by atoms with Gasteiger partial charge in [-0.25, -0.2) is 0 Å². The Balaban J connectivity index is 1.65. The van der Waals surface area contributed by atoms with Crippen molar-refractivity contribution in [2.45, 2.75) is 43.8 Å². The molecule has 0 amide bonds. The fourth-order valence-corrected chi connectivity index (χ4v) is 3.88. The molecule has 21 heavy (non-hydrogen) atoms. The quantitative estimate of drug-likeness (QED) is 0.915. The minimum atomic E-state index is -0.417. The number of aliphatic hydroxyl groups is 1. The zero-order chi connectivity index (χ0) is 14.3. The number of pyridine rings is 1. The Bertz CT molecular complexity index is 645. The molecule has 1 saturated carbocycles. The third-order valence-electron chi connectivity index (χ3n) is 5.24. The van der Waals surface area contributed by atoms with Gasteiger partial charge in [0.15, 0.2) is 0 Å². The van der Waals surface area contributed by atoms with Gasteiger partial charge in [0.1, 0.15) is 0 Å². The lowest BCUT2D eigenvalue weighted by atomic mass is 9.70. The summed E-state index contributed by atoms with van der Waals surface area (Å²) in [5.41, 5.74) is 2.05. The van der Waals surface area contributed by atoms with Crippen molar-refractivity contribution in [1.29, 1.82) is 0 Å². The molecule has 1 aliphatic carbocycles. The highest BCUT2D eigenvalue weighted by Gasteiger charge is 2.44. The first-order valence-corrected chi connectivity index (χ1v) is 7.93. The Kier molecular flexibility index (Phi) is 3.20. The average molecular weight is 283 g/mol. The van der Waals surface area contributed by atoms with Crippen LogP contribution >= 0.6 is 0 Å². The van der Waals surface area contributed by atoms with Crippen LogP contribution in [-0.2, 0) is 4.74 Å². The topological polar surface area (TPSA) is 42.4 Å². The number of hydrogen-bond acceptors (Lipinski definition) is 3. The highest BCUT2D eigenvalue weighted by molar-refractivity contribution is 5.82. The van der Waals surface area contributed by atoms with Gasteiger partial charge < -0.3 is 9.84 Å². The summed E-state index contributed by atoms with van der Waals surface area (Å²) in [5.74, 6) is 0.296. The molecular formula is C18H21NO2. The summed E-state index contributed by atoms with van der Waals surface area (Å²) in [6.07, 6.45) is 6.91. The molecule has 3 heteroatoms. The summed E-state index contributed by atoms with van der Waals surface area (Å²) in [4.78, 5) is 4.39. The molecule has 2 atom stereocenters. The lowest BCUT2D eigenvalue weighted by Crippen LogP contribution is -2.46. The molecule has 2 fully saturated rings. The summed E-state index contributed by atoms with van der Waals surface area (Å²) in [7, 11) is 0. The molecule has 1 aromatic carbocycles. The van der Waals surface area contributed by atoms with Gasteiger partial charge in [-0.05, 0) is 55.7 Å². The van der Waals surface area contributed by atoms with Crippen molar-refractivity contribution < 1.29 is 9.84 Å². The number of aliphatic hydroxyl groups excluding tert-OH is 1. The van der Waals surface area contributed by atoms with Crippen molar-refractivity contribution in [1.82, 2.24) is 4.98 Å². The number of para-hydroxylation sites is 1. The van der Waals surface area contributed by atoms with E-state index in [4.69, 9.17) is 4.74 Å². The molecule has 4 rings (SSSR count). The van der Waals surface area contributed by atoms with Crippen LogP contribution in [0.25, 0.3) is 10.9 Å². The van der Waals surface area contributed by atoms with Crippen LogP contribution in [0.5, 0.6) is 0 Å². The molecule has 2 unspecified atom stereocenters. The van der Waals surface area contributed by atoms with Gasteiger partial charge in [-0.1, -0.05) is 18.2 Å². The van der Waals surface area contributed by atoms with Gasteiger partial charge in [0, 0.05) is 18.2 Å². The van der Waals surface area contributed by atoms with Gasteiger partial charge in [-0.15, -0.1) is 0 Å². The fourth-order valence-electron chi connectivity index (χ4n) is 3.88. The Labute approximate surface area is 125 Å². The number of fused-ring (bicyclic) bond motifs is 1. The average Bonchev–Trinajstić information content (AvgIpc) is 2.52. The molecule has 0 bridgehead atoms. The predicted octanol–water partition coefficient (Wildman–Crippen LogP) is 3.62. The largest absolute Gasteiger partial charge is 0.388 e. The Morgan fingerprint density at radius 2 is 2.10 bits per heavy atom. The normalized spacial score (nSPS) is 25.7. The predicted molar refractivity (Wildman–Crippen MR) is 82.0 cm³/mol. The van der Waals surface area contributed by atoms with E-state index < -0.39 is 6.10 Å². The van der Waals surface area contributed by atoms with Crippen LogP contribution in [0.1, 0.15) is 43.8 Å². The van der Waals surface area contributed by atoms with Crippen LogP contribution in [0.15, 0.2) is 36.5 Å². The smallest absolute Gasteiger partial charge is 0.0827 e. The number of hydrogen-bond donors (Lipinski definition) is 1. The maximum Gasteiger partial charge on any atom is 0.0827 e. The Morgan fingerprint density at radius 3 is 2.90 bits per heavy atom. The van der Waals surface area contributed by atoms with E-state index in [1.165, 1.54) is 6.42 Å². The zero-order valence-electron chi connectivity index (χ0n) is 12.2. The van der Waals surface area contributed by atoms with Crippen molar-refractivity contribution in [2.24, 2.45) is 5.92 Å². The number of rotatable bonds is 2. The second kappa shape index (κ2) is 5.08. The molecule has 1 aliphatic heterocycles. The standard InChI is InChI=1S/C18H21NO2/c20-17(13-7-11-21-18(12-13)8-3-9-18)15-6-10-19-16-5-2-1-4-14(15)16/h1-2,4-6,10,13,17,20H,3,7-9,11-12H2. The second-order valence-corrected chi connectivity index (χ2v) is 6.50. The maximum atomic E-state index is 10.9. The monoisotopic (exact) mass is 283 g/mol. The lowest BCUT2D eigenvalue weighted by molar-refractivity contribution is -0.157. The molecule has 1 saturated heterocycles. The molecule has 3 nitrogen and oxygen atoms in total. The van der Waals surface area contributed by atoms with Crippen molar-refractivity contribution in [3.05, 3.63) is 42.1 Å². The van der Waals surface area contributed by atoms with Crippen molar-refractivity contribution in [3.8, 4) is 0 Å². The fraction of sp³-hybridized carbons (Fsp3) is 0.500. The van der Waals surface area contributed by atoms with Crippen molar-refractivity contribution in [2.75, 3.05) is 6.61 Å². The van der Waals surface area contributed by atoms with Crippen LogP contribution in [0.3, 0.4) is 0 Å². The lowest BCUT2D eigenvalue weighted by Gasteiger charge is -2.48. The van der Waals surface area contributed by atoms with Crippen LogP contribution in [0.2, 0.25) is 0 Å². The maximum absolute atomic E-state index is 10.9. The molecule has 1 spiro atoms. The summed E-state index contributed by atoms with van der Waals surface area (Å²) < 4.78 is 5.98. The Hall–Kier alpha value is -1.45. The molecule has 0 radical (unpaired) electrons. The Morgan fingerprint density at radius 1 is 1.24 bits per heavy atom. The minimum Gasteiger partial charge on any atom is -0.388 e. The second-order valence-electron chi connectivity index (χ2n) is 6.50. The number of ether oxygens (including phenoxy) is 1. The van der Waals surface area contributed by atoms with Crippen molar-refractivity contribution in [3.63, 3.8) is 0 Å². The van der Waals surface area contributed by atoms with E-state index >= 15 is 0 Å². The first-order chi connectivity index (χ1) is 10.3. The number of benzene rings is 1. The summed E-state index contributed by atoms with van der Waals surface area (Å²) in [6, 6.07) is 10.0. The van der Waals surface area contributed by atoms with E-state index in [0.717, 1.165) is 48.8 Å². The van der Waals surface area contributed by atoms with E-state index in [-0.39, 0.29) is 5.60 Å². The highest BCUT2D eigenvalue weighted by atomic mass is 16.5. The van der Waals surface area contributed by atoms with Gasteiger partial charge >= 0.3 is 0 Å². The zero-order valence-corrected chi connectivity index (χ0v) is 12.2. The van der Waals surface area contributed by atoms with Crippen molar-refractivity contribution >= 4 is 10.9 Å². The summed E-state index contributed by atoms with van der Waals surface area (Å²) >= 11 is 0. The highest BCUT2D eigenvalue weighted by Crippen LogP contribution is 2.47. The van der Waals surface area contributed by atoms with Gasteiger partial charge in [0.05, 0.1) is 17.2 Å². The van der Waals surface area contributed by atoms with Crippen LogP contribution in [0.4, 0.5) is 0 Å². The van der Waals surface area contributed by atoms with E-state index in [0.29, 0.717) is 5.92 Å². The van der Waals surface area contributed by atoms with E-state index in [2.05, 4.69) is 11.1 Å². The first kappa shape index (κ1) is 13.2. The van der Waals surface area contributed by atoms with Gasteiger partial charge in [0.2, 0.25) is 0 Å². The van der Waals surface area contributed by atoms with Crippen LogP contribution in [0, 0.1) is 5.92 Å². The minimum absolute atomic E-state index is 0.0761.